The highest BCUT2D eigenvalue weighted by Gasteiger charge is 2.25. The largest absolute Gasteiger partial charge is 0.359 e. The molecule has 0 saturated heterocycles. The third-order valence-corrected chi connectivity index (χ3v) is 2.37. The molecular weight excluding hydrogens is 190 g/mol. The van der Waals surface area contributed by atoms with Gasteiger partial charge in [0.1, 0.15) is 0 Å². The number of nitrogens with zero attached hydrogens (tertiary/aromatic N) is 1. The van der Waals surface area contributed by atoms with Gasteiger partial charge >= 0.3 is 0 Å². The average molecular weight is 215 g/mol. The fourth-order valence-corrected chi connectivity index (χ4v) is 1.34. The summed E-state index contributed by atoms with van der Waals surface area (Å²) in [5, 5.41) is 5.99. The minimum absolute atomic E-state index is 0.0857. The van der Waals surface area contributed by atoms with E-state index in [2.05, 4.69) is 29.6 Å². The van der Waals surface area contributed by atoms with Crippen molar-refractivity contribution in [2.75, 3.05) is 40.8 Å². The molecule has 0 atom stereocenters. The Morgan fingerprint density at radius 3 is 2.40 bits per heavy atom. The predicted molar refractivity (Wildman–Crippen MR) is 63.9 cm³/mol. The van der Waals surface area contributed by atoms with E-state index in [1.54, 1.807) is 7.05 Å². The van der Waals surface area contributed by atoms with Crippen LogP contribution in [0.5, 0.6) is 0 Å². The summed E-state index contributed by atoms with van der Waals surface area (Å²) in [4.78, 5) is 13.6. The fourth-order valence-electron chi connectivity index (χ4n) is 1.34. The van der Waals surface area contributed by atoms with Crippen molar-refractivity contribution in [2.45, 2.75) is 20.3 Å². The zero-order chi connectivity index (χ0) is 11.9. The summed E-state index contributed by atoms with van der Waals surface area (Å²) in [6, 6.07) is 0. The SMILES string of the molecule is CNC(=O)C(C)(C)CNCCCN(C)C. The minimum Gasteiger partial charge on any atom is -0.359 e. The predicted octanol–water partition coefficient (Wildman–Crippen LogP) is 0.300. The fraction of sp³-hybridized carbons (Fsp3) is 0.909. The van der Waals surface area contributed by atoms with Gasteiger partial charge in [-0.3, -0.25) is 4.79 Å². The van der Waals surface area contributed by atoms with E-state index in [4.69, 9.17) is 0 Å². The summed E-state index contributed by atoms with van der Waals surface area (Å²) < 4.78 is 0. The Morgan fingerprint density at radius 1 is 1.33 bits per heavy atom. The molecule has 0 spiro atoms. The lowest BCUT2D eigenvalue weighted by molar-refractivity contribution is -0.128. The van der Waals surface area contributed by atoms with Crippen molar-refractivity contribution in [1.82, 2.24) is 15.5 Å². The van der Waals surface area contributed by atoms with E-state index in [0.717, 1.165) is 26.1 Å². The summed E-state index contributed by atoms with van der Waals surface area (Å²) in [6.45, 7) is 6.65. The van der Waals surface area contributed by atoms with Gasteiger partial charge in [0.05, 0.1) is 5.41 Å². The van der Waals surface area contributed by atoms with Crippen LogP contribution in [0, 0.1) is 5.41 Å². The van der Waals surface area contributed by atoms with Crippen LogP contribution >= 0.6 is 0 Å². The van der Waals surface area contributed by atoms with Crippen molar-refractivity contribution in [1.29, 1.82) is 0 Å². The molecule has 0 unspecified atom stereocenters. The van der Waals surface area contributed by atoms with Crippen LogP contribution in [0.15, 0.2) is 0 Å². The number of nitrogens with one attached hydrogen (secondary N) is 2. The van der Waals surface area contributed by atoms with Gasteiger partial charge in [-0.2, -0.15) is 0 Å². The smallest absolute Gasteiger partial charge is 0.226 e. The van der Waals surface area contributed by atoms with Crippen LogP contribution < -0.4 is 10.6 Å². The molecule has 15 heavy (non-hydrogen) atoms. The average Bonchev–Trinajstić information content (AvgIpc) is 2.15. The molecule has 0 heterocycles. The Bertz CT molecular complexity index is 190. The minimum atomic E-state index is -0.327. The third-order valence-electron chi connectivity index (χ3n) is 2.37. The summed E-state index contributed by atoms with van der Waals surface area (Å²) in [7, 11) is 5.80. The maximum atomic E-state index is 11.4. The van der Waals surface area contributed by atoms with E-state index in [0.29, 0.717) is 0 Å². The van der Waals surface area contributed by atoms with E-state index in [9.17, 15) is 4.79 Å². The van der Waals surface area contributed by atoms with Gasteiger partial charge in [0.25, 0.3) is 0 Å². The van der Waals surface area contributed by atoms with Gasteiger partial charge in [-0.1, -0.05) is 0 Å². The third kappa shape index (κ3) is 6.47. The molecule has 90 valence electrons. The maximum Gasteiger partial charge on any atom is 0.226 e. The van der Waals surface area contributed by atoms with Crippen LogP contribution in [0.2, 0.25) is 0 Å². The van der Waals surface area contributed by atoms with Gasteiger partial charge in [-0.05, 0) is 47.5 Å². The summed E-state index contributed by atoms with van der Waals surface area (Å²) in [5.74, 6) is 0.0857. The number of hydrogen-bond acceptors (Lipinski definition) is 3. The van der Waals surface area contributed by atoms with Gasteiger partial charge < -0.3 is 15.5 Å². The number of rotatable bonds is 7. The molecule has 0 bridgehead atoms. The van der Waals surface area contributed by atoms with Gasteiger partial charge in [-0.25, -0.2) is 0 Å². The lowest BCUT2D eigenvalue weighted by Gasteiger charge is -2.23. The zero-order valence-corrected chi connectivity index (χ0v) is 10.7. The molecular formula is C11H25N3O. The molecule has 0 aromatic heterocycles. The van der Waals surface area contributed by atoms with Gasteiger partial charge in [-0.15, -0.1) is 0 Å². The molecule has 0 aliphatic heterocycles. The summed E-state index contributed by atoms with van der Waals surface area (Å²) >= 11 is 0. The van der Waals surface area contributed by atoms with Gasteiger partial charge in [0.15, 0.2) is 0 Å². The van der Waals surface area contributed by atoms with Gasteiger partial charge in [0.2, 0.25) is 5.91 Å². The Kier molecular flexibility index (Phi) is 6.52. The van der Waals surface area contributed by atoms with E-state index in [-0.39, 0.29) is 11.3 Å². The topological polar surface area (TPSA) is 44.4 Å². The Labute approximate surface area is 93.4 Å². The highest BCUT2D eigenvalue weighted by Crippen LogP contribution is 2.12. The Hall–Kier alpha value is -0.610. The second kappa shape index (κ2) is 6.80. The van der Waals surface area contributed by atoms with Crippen LogP contribution in [0.1, 0.15) is 20.3 Å². The molecule has 0 aliphatic rings. The lowest BCUT2D eigenvalue weighted by Crippen LogP contribution is -2.42. The number of carbonyl (C=O) groups is 1. The number of carbonyl (C=O) groups excluding carboxylic acids is 1. The van der Waals surface area contributed by atoms with Gasteiger partial charge in [0, 0.05) is 13.6 Å². The molecule has 0 aromatic carbocycles. The van der Waals surface area contributed by atoms with Crippen molar-refractivity contribution < 1.29 is 4.79 Å². The molecule has 4 heteroatoms. The van der Waals surface area contributed by atoms with E-state index in [1.807, 2.05) is 13.8 Å². The van der Waals surface area contributed by atoms with Crippen molar-refractivity contribution >= 4 is 5.91 Å². The number of amides is 1. The second-order valence-electron chi connectivity index (χ2n) is 4.80. The molecule has 0 aliphatic carbocycles. The number of hydrogen-bond donors (Lipinski definition) is 2. The first kappa shape index (κ1) is 14.4. The molecule has 0 aromatic rings. The summed E-state index contributed by atoms with van der Waals surface area (Å²) in [5.41, 5.74) is -0.327. The van der Waals surface area contributed by atoms with Crippen molar-refractivity contribution in [3.63, 3.8) is 0 Å². The molecule has 1 amide bonds. The van der Waals surface area contributed by atoms with Crippen LogP contribution in [0.4, 0.5) is 0 Å². The van der Waals surface area contributed by atoms with Crippen LogP contribution in [0.25, 0.3) is 0 Å². The van der Waals surface area contributed by atoms with Crippen molar-refractivity contribution in [2.24, 2.45) is 5.41 Å². The lowest BCUT2D eigenvalue weighted by atomic mass is 9.92. The van der Waals surface area contributed by atoms with Crippen molar-refractivity contribution in [3.8, 4) is 0 Å². The standard InChI is InChI=1S/C11H25N3O/c1-11(2,10(15)12-3)9-13-7-6-8-14(4)5/h13H,6-9H2,1-5H3,(H,12,15). The highest BCUT2D eigenvalue weighted by atomic mass is 16.2. The molecule has 0 fully saturated rings. The monoisotopic (exact) mass is 215 g/mol. The molecule has 0 radical (unpaired) electrons. The van der Waals surface area contributed by atoms with Crippen LogP contribution in [-0.4, -0.2) is 51.6 Å². The van der Waals surface area contributed by atoms with Crippen molar-refractivity contribution in [3.05, 3.63) is 0 Å². The first-order valence-electron chi connectivity index (χ1n) is 5.48. The Morgan fingerprint density at radius 2 is 1.93 bits per heavy atom. The maximum absolute atomic E-state index is 11.4. The molecule has 0 rings (SSSR count). The molecule has 0 saturated carbocycles. The van der Waals surface area contributed by atoms with E-state index >= 15 is 0 Å². The highest BCUT2D eigenvalue weighted by molar-refractivity contribution is 5.81. The normalized spacial score (nSPS) is 11.9. The van der Waals surface area contributed by atoms with E-state index in [1.165, 1.54) is 0 Å². The quantitative estimate of drug-likeness (QED) is 0.600. The summed E-state index contributed by atoms with van der Waals surface area (Å²) in [6.07, 6.45) is 1.11. The molecule has 4 nitrogen and oxygen atoms in total. The molecule has 2 N–H and O–H groups in total. The van der Waals surface area contributed by atoms with E-state index < -0.39 is 0 Å². The first-order chi connectivity index (χ1) is 6.90. The first-order valence-corrected chi connectivity index (χ1v) is 5.48. The zero-order valence-electron chi connectivity index (χ0n) is 10.7. The second-order valence-corrected chi connectivity index (χ2v) is 4.80. The Balaban J connectivity index is 3.62. The van der Waals surface area contributed by atoms with Crippen LogP contribution in [-0.2, 0) is 4.79 Å². The van der Waals surface area contributed by atoms with Crippen LogP contribution in [0.3, 0.4) is 0 Å².